The van der Waals surface area contributed by atoms with Crippen molar-refractivity contribution in [1.29, 1.82) is 0 Å². The number of carbonyl (C=O) groups is 1. The van der Waals surface area contributed by atoms with E-state index in [9.17, 15) is 4.79 Å². The van der Waals surface area contributed by atoms with Gasteiger partial charge in [-0.15, -0.1) is 0 Å². The van der Waals surface area contributed by atoms with E-state index >= 15 is 0 Å². The zero-order chi connectivity index (χ0) is 10.9. The number of carbonyl (C=O) groups excluding carboxylic acids is 1. The van der Waals surface area contributed by atoms with E-state index < -0.39 is 16.6 Å². The van der Waals surface area contributed by atoms with Crippen LogP contribution in [0.4, 0.5) is 4.79 Å². The normalized spacial score (nSPS) is 9.15. The monoisotopic (exact) mass is 214 g/mol. The molecule has 0 fully saturated rings. The number of hydrogen-bond acceptors (Lipinski definition) is 5. The lowest BCUT2D eigenvalue weighted by Crippen LogP contribution is -2.01. The molecule has 0 aliphatic rings. The van der Waals surface area contributed by atoms with Gasteiger partial charge in [-0.1, -0.05) is 6.58 Å². The van der Waals surface area contributed by atoms with Crippen molar-refractivity contribution in [3.8, 4) is 0 Å². The van der Waals surface area contributed by atoms with Crippen molar-refractivity contribution < 1.29 is 31.8 Å². The van der Waals surface area contributed by atoms with E-state index in [0.29, 0.717) is 6.61 Å². The highest BCUT2D eigenvalue weighted by molar-refractivity contribution is 7.79. The predicted molar refractivity (Wildman–Crippen MR) is 42.5 cm³/mol. The van der Waals surface area contributed by atoms with Gasteiger partial charge in [-0.2, -0.15) is 8.42 Å². The highest BCUT2D eigenvalue weighted by Gasteiger charge is 1.94. The van der Waals surface area contributed by atoms with Crippen molar-refractivity contribution in [2.75, 3.05) is 6.61 Å². The fraction of sp³-hybridized carbons (Fsp3) is 0.400. The van der Waals surface area contributed by atoms with Crippen LogP contribution >= 0.6 is 0 Å². The van der Waals surface area contributed by atoms with Gasteiger partial charge in [-0.05, 0) is 6.92 Å². The van der Waals surface area contributed by atoms with Crippen molar-refractivity contribution in [3.63, 3.8) is 0 Å². The zero-order valence-electron chi connectivity index (χ0n) is 6.84. The Morgan fingerprint density at radius 3 is 2.15 bits per heavy atom. The Morgan fingerprint density at radius 1 is 1.54 bits per heavy atom. The van der Waals surface area contributed by atoms with E-state index in [1.54, 1.807) is 6.92 Å². The molecule has 0 aromatic heterocycles. The third kappa shape index (κ3) is 36.0. The maximum absolute atomic E-state index is 10.1. The summed E-state index contributed by atoms with van der Waals surface area (Å²) in [4.78, 5) is 10.1. The van der Waals surface area contributed by atoms with Gasteiger partial charge in [0.05, 0.1) is 12.9 Å². The van der Waals surface area contributed by atoms with Crippen molar-refractivity contribution in [2.45, 2.75) is 6.92 Å². The van der Waals surface area contributed by atoms with Gasteiger partial charge in [0.1, 0.15) is 0 Å². The average Bonchev–Trinajstić information content (AvgIpc) is 1.84. The van der Waals surface area contributed by atoms with Crippen molar-refractivity contribution in [3.05, 3.63) is 12.8 Å². The van der Waals surface area contributed by atoms with Crippen LogP contribution in [0.15, 0.2) is 12.8 Å². The van der Waals surface area contributed by atoms with E-state index in [1.807, 2.05) is 0 Å². The fourth-order valence-electron chi connectivity index (χ4n) is 0.220. The first-order valence-corrected chi connectivity index (χ1v) is 4.35. The number of hydrogen-bond donors (Lipinski definition) is 2. The van der Waals surface area contributed by atoms with Gasteiger partial charge >= 0.3 is 16.6 Å². The summed E-state index contributed by atoms with van der Waals surface area (Å²) in [6.07, 6.45) is 0.320. The molecule has 0 amide bonds. The maximum Gasteiger partial charge on any atom is 0.513 e. The van der Waals surface area contributed by atoms with Crippen molar-refractivity contribution in [2.24, 2.45) is 0 Å². The van der Waals surface area contributed by atoms with Crippen LogP contribution in [-0.4, -0.2) is 30.3 Å². The molecule has 0 heterocycles. The Balaban J connectivity index is 0. The Kier molecular flexibility index (Phi) is 8.34. The lowest BCUT2D eigenvalue weighted by Gasteiger charge is -1.95. The molecule has 0 atom stereocenters. The molecule has 0 saturated carbocycles. The molecular weight excluding hydrogens is 204 g/mol. The Labute approximate surface area is 75.5 Å². The SMILES string of the molecule is C=COC(=O)OCC.O=S(=O)(O)O. The van der Waals surface area contributed by atoms with Gasteiger partial charge in [0.15, 0.2) is 0 Å². The van der Waals surface area contributed by atoms with Crippen LogP contribution in [0.2, 0.25) is 0 Å². The fourth-order valence-corrected chi connectivity index (χ4v) is 0.220. The van der Waals surface area contributed by atoms with Gasteiger partial charge in [-0.3, -0.25) is 9.11 Å². The first kappa shape index (κ1) is 14.4. The van der Waals surface area contributed by atoms with Crippen LogP contribution in [0.5, 0.6) is 0 Å². The lowest BCUT2D eigenvalue weighted by molar-refractivity contribution is 0.0896. The standard InChI is InChI=1S/C5H8O3.H2O4S/c1-3-7-5(6)8-4-2;1-5(2,3)4/h3H,1,4H2,2H3;(H2,1,2,3,4). The van der Waals surface area contributed by atoms with Gasteiger partial charge < -0.3 is 9.47 Å². The molecule has 0 bridgehead atoms. The molecule has 0 rings (SSSR count). The highest BCUT2D eigenvalue weighted by Crippen LogP contribution is 1.82. The molecule has 0 saturated heterocycles. The molecule has 0 aliphatic heterocycles. The molecule has 13 heavy (non-hydrogen) atoms. The highest BCUT2D eigenvalue weighted by atomic mass is 32.3. The topological polar surface area (TPSA) is 110 Å². The average molecular weight is 214 g/mol. The minimum absolute atomic E-state index is 0.326. The van der Waals surface area contributed by atoms with Crippen LogP contribution in [0.1, 0.15) is 6.92 Å². The third-order valence-electron chi connectivity index (χ3n) is 0.442. The van der Waals surface area contributed by atoms with Crippen LogP contribution in [-0.2, 0) is 19.9 Å². The summed E-state index contributed by atoms with van der Waals surface area (Å²) in [6, 6.07) is 0. The summed E-state index contributed by atoms with van der Waals surface area (Å²) in [5.74, 6) is 0. The Hall–Kier alpha value is -1.12. The van der Waals surface area contributed by atoms with Crippen molar-refractivity contribution in [1.82, 2.24) is 0 Å². The van der Waals surface area contributed by atoms with E-state index in [2.05, 4.69) is 16.1 Å². The van der Waals surface area contributed by atoms with Crippen molar-refractivity contribution >= 4 is 16.6 Å². The minimum atomic E-state index is -4.67. The molecule has 0 radical (unpaired) electrons. The van der Waals surface area contributed by atoms with Crippen LogP contribution in [0.3, 0.4) is 0 Å². The molecule has 7 nitrogen and oxygen atoms in total. The number of rotatable bonds is 2. The minimum Gasteiger partial charge on any atom is -0.434 e. The summed E-state index contributed by atoms with van der Waals surface area (Å²) in [7, 11) is -4.67. The summed E-state index contributed by atoms with van der Waals surface area (Å²) in [6.45, 7) is 5.18. The van der Waals surface area contributed by atoms with Gasteiger partial charge in [0, 0.05) is 0 Å². The first-order valence-electron chi connectivity index (χ1n) is 2.95. The summed E-state index contributed by atoms with van der Waals surface area (Å²) < 4.78 is 40.1. The Morgan fingerprint density at radius 2 is 1.92 bits per heavy atom. The predicted octanol–water partition coefficient (Wildman–Crippen LogP) is 0.650. The molecule has 0 aliphatic carbocycles. The largest absolute Gasteiger partial charge is 0.513 e. The van der Waals surface area contributed by atoms with Crippen LogP contribution < -0.4 is 0 Å². The van der Waals surface area contributed by atoms with Gasteiger partial charge in [-0.25, -0.2) is 4.79 Å². The van der Waals surface area contributed by atoms with Crippen LogP contribution in [0.25, 0.3) is 0 Å². The molecule has 8 heteroatoms. The summed E-state index contributed by atoms with van der Waals surface area (Å²) in [5, 5.41) is 0. The molecule has 0 unspecified atom stereocenters. The summed E-state index contributed by atoms with van der Waals surface area (Å²) in [5.41, 5.74) is 0. The smallest absolute Gasteiger partial charge is 0.434 e. The molecule has 78 valence electrons. The Bertz CT molecular complexity index is 234. The van der Waals surface area contributed by atoms with Crippen LogP contribution in [0, 0.1) is 0 Å². The zero-order valence-corrected chi connectivity index (χ0v) is 7.65. The quantitative estimate of drug-likeness (QED) is 0.394. The van der Waals surface area contributed by atoms with E-state index in [1.165, 1.54) is 0 Å². The first-order chi connectivity index (χ1) is 5.81. The second-order valence-corrected chi connectivity index (χ2v) is 2.31. The van der Waals surface area contributed by atoms with Gasteiger partial charge in [0.2, 0.25) is 0 Å². The lowest BCUT2D eigenvalue weighted by atomic mass is 10.9. The third-order valence-corrected chi connectivity index (χ3v) is 0.442. The summed E-state index contributed by atoms with van der Waals surface area (Å²) >= 11 is 0. The molecule has 0 aromatic carbocycles. The maximum atomic E-state index is 10.1. The second kappa shape index (κ2) is 7.53. The molecule has 2 N–H and O–H groups in total. The van der Waals surface area contributed by atoms with E-state index in [4.69, 9.17) is 17.5 Å². The molecule has 0 spiro atoms. The van der Waals surface area contributed by atoms with E-state index in [0.717, 1.165) is 6.26 Å². The molecular formula is C5H10O7S. The number of ether oxygens (including phenoxy) is 2. The second-order valence-electron chi connectivity index (χ2n) is 1.42. The molecule has 0 aromatic rings. The van der Waals surface area contributed by atoms with Gasteiger partial charge in [0.25, 0.3) is 0 Å². The van der Waals surface area contributed by atoms with E-state index in [-0.39, 0.29) is 0 Å².